The SMILES string of the molecule is Cc1c([N+](=O)[O-])cnn1CC(=O)Nc1c(C(N)=O)sc2nc(C(F)(F)F)cc(-c3ccc(F)cc3)c12. The first-order chi connectivity index (χ1) is 16.9. The Balaban J connectivity index is 1.86. The van der Waals surface area contributed by atoms with E-state index in [1.54, 1.807) is 0 Å². The lowest BCUT2D eigenvalue weighted by atomic mass is 10.0. The standard InChI is InChI=1S/C21H14F4N6O4S/c1-9-13(31(34)35)7-27-30(9)8-15(32)29-17-16-12(10-2-4-11(22)5-3-10)6-14(21(23,24)25)28-20(16)36-18(17)19(26)33/h2-7H,8H2,1H3,(H2,26,33)(H,29,32). The minimum atomic E-state index is -4.84. The Labute approximate surface area is 202 Å². The predicted molar refractivity (Wildman–Crippen MR) is 121 cm³/mol. The Kier molecular flexibility index (Phi) is 6.17. The zero-order valence-corrected chi connectivity index (χ0v) is 18.9. The van der Waals surface area contributed by atoms with Gasteiger partial charge in [0, 0.05) is 5.39 Å². The number of nitrogens with two attached hydrogens (primary N) is 1. The van der Waals surface area contributed by atoms with E-state index >= 15 is 0 Å². The third-order valence-corrected chi connectivity index (χ3v) is 6.26. The van der Waals surface area contributed by atoms with Crippen molar-refractivity contribution >= 4 is 44.7 Å². The Bertz CT molecular complexity index is 1530. The molecule has 3 aromatic heterocycles. The molecule has 0 unspecified atom stereocenters. The summed E-state index contributed by atoms with van der Waals surface area (Å²) in [5.74, 6) is -2.44. The van der Waals surface area contributed by atoms with Crippen molar-refractivity contribution in [2.75, 3.05) is 5.32 Å². The van der Waals surface area contributed by atoms with E-state index < -0.39 is 41.0 Å². The molecule has 0 fully saturated rings. The Morgan fingerprint density at radius 2 is 1.92 bits per heavy atom. The summed E-state index contributed by atoms with van der Waals surface area (Å²) in [5.41, 5.74) is 3.84. The van der Waals surface area contributed by atoms with Crippen LogP contribution in [0.15, 0.2) is 36.5 Å². The van der Waals surface area contributed by atoms with Crippen molar-refractivity contribution in [1.29, 1.82) is 0 Å². The number of aromatic nitrogens is 3. The summed E-state index contributed by atoms with van der Waals surface area (Å²) in [5, 5.41) is 17.3. The van der Waals surface area contributed by atoms with Crippen LogP contribution in [0.25, 0.3) is 21.3 Å². The molecule has 3 heterocycles. The third kappa shape index (κ3) is 4.59. The molecule has 0 saturated carbocycles. The molecule has 0 radical (unpaired) electrons. The van der Waals surface area contributed by atoms with Gasteiger partial charge in [-0.1, -0.05) is 12.1 Å². The average Bonchev–Trinajstić information content (AvgIpc) is 3.34. The Hall–Kier alpha value is -4.40. The van der Waals surface area contributed by atoms with E-state index in [2.05, 4.69) is 15.4 Å². The van der Waals surface area contributed by atoms with Crippen LogP contribution >= 0.6 is 11.3 Å². The number of rotatable bonds is 6. The fourth-order valence-electron chi connectivity index (χ4n) is 3.48. The van der Waals surface area contributed by atoms with E-state index in [4.69, 9.17) is 5.73 Å². The minimum Gasteiger partial charge on any atom is -0.365 e. The van der Waals surface area contributed by atoms with E-state index in [1.807, 2.05) is 0 Å². The maximum atomic E-state index is 13.6. The van der Waals surface area contributed by atoms with Crippen LogP contribution in [-0.2, 0) is 17.5 Å². The van der Waals surface area contributed by atoms with E-state index in [9.17, 15) is 37.3 Å². The number of nitrogens with one attached hydrogen (secondary N) is 1. The fourth-order valence-corrected chi connectivity index (χ4v) is 4.49. The molecule has 0 aliphatic carbocycles. The molecule has 0 atom stereocenters. The second-order valence-corrected chi connectivity index (χ2v) is 8.49. The highest BCUT2D eigenvalue weighted by Gasteiger charge is 2.35. The molecule has 1 aromatic carbocycles. The summed E-state index contributed by atoms with van der Waals surface area (Å²) < 4.78 is 55.2. The number of nitrogens with zero attached hydrogens (tertiary/aromatic N) is 4. The number of amides is 2. The molecule has 36 heavy (non-hydrogen) atoms. The topological polar surface area (TPSA) is 146 Å². The van der Waals surface area contributed by atoms with Gasteiger partial charge in [0.05, 0.1) is 10.6 Å². The molecule has 3 N–H and O–H groups in total. The highest BCUT2D eigenvalue weighted by Crippen LogP contribution is 2.43. The summed E-state index contributed by atoms with van der Waals surface area (Å²) in [6.07, 6.45) is -3.87. The molecule has 0 bridgehead atoms. The molecule has 186 valence electrons. The van der Waals surface area contributed by atoms with Gasteiger partial charge in [0.25, 0.3) is 5.91 Å². The zero-order valence-electron chi connectivity index (χ0n) is 18.1. The minimum absolute atomic E-state index is 0.00933. The summed E-state index contributed by atoms with van der Waals surface area (Å²) in [6.45, 7) is 0.873. The first-order valence-electron chi connectivity index (χ1n) is 9.94. The Morgan fingerprint density at radius 3 is 2.47 bits per heavy atom. The van der Waals surface area contributed by atoms with Crippen LogP contribution in [0, 0.1) is 22.9 Å². The van der Waals surface area contributed by atoms with Crippen LogP contribution < -0.4 is 11.1 Å². The van der Waals surface area contributed by atoms with Gasteiger partial charge in [-0.05, 0) is 36.2 Å². The lowest BCUT2D eigenvalue weighted by Crippen LogP contribution is -2.22. The number of thiophene rings is 1. The van der Waals surface area contributed by atoms with Gasteiger partial charge in [-0.15, -0.1) is 11.3 Å². The number of hydrogen-bond donors (Lipinski definition) is 2. The van der Waals surface area contributed by atoms with Crippen molar-refractivity contribution < 1.29 is 32.1 Å². The van der Waals surface area contributed by atoms with E-state index in [0.717, 1.165) is 29.1 Å². The lowest BCUT2D eigenvalue weighted by molar-refractivity contribution is -0.385. The van der Waals surface area contributed by atoms with Gasteiger partial charge in [0.2, 0.25) is 5.91 Å². The number of pyridine rings is 1. The van der Waals surface area contributed by atoms with Crippen LogP contribution in [0.5, 0.6) is 0 Å². The molecule has 10 nitrogen and oxygen atoms in total. The number of hydrogen-bond acceptors (Lipinski definition) is 7. The number of alkyl halides is 3. The van der Waals surface area contributed by atoms with Crippen molar-refractivity contribution in [1.82, 2.24) is 14.8 Å². The van der Waals surface area contributed by atoms with Gasteiger partial charge in [0.1, 0.15) is 39.7 Å². The second-order valence-electron chi connectivity index (χ2n) is 7.49. The number of primary amides is 1. The number of nitro groups is 1. The summed E-state index contributed by atoms with van der Waals surface area (Å²) >= 11 is 0.548. The van der Waals surface area contributed by atoms with Gasteiger partial charge in [-0.25, -0.2) is 9.37 Å². The molecule has 2 amide bonds. The van der Waals surface area contributed by atoms with Gasteiger partial charge < -0.3 is 11.1 Å². The van der Waals surface area contributed by atoms with Gasteiger partial charge in [0.15, 0.2) is 0 Å². The number of benzene rings is 1. The quantitative estimate of drug-likeness (QED) is 0.220. The van der Waals surface area contributed by atoms with Crippen molar-refractivity contribution in [3.8, 4) is 11.1 Å². The highest BCUT2D eigenvalue weighted by atomic mass is 32.1. The molecule has 4 rings (SSSR count). The third-order valence-electron chi connectivity index (χ3n) is 5.16. The summed E-state index contributed by atoms with van der Waals surface area (Å²) in [6, 6.07) is 5.29. The van der Waals surface area contributed by atoms with Gasteiger partial charge in [-0.3, -0.25) is 24.4 Å². The first kappa shape index (κ1) is 24.7. The molecule has 0 spiro atoms. The molecule has 0 aliphatic heterocycles. The maximum Gasteiger partial charge on any atom is 0.433 e. The first-order valence-corrected chi connectivity index (χ1v) is 10.8. The maximum absolute atomic E-state index is 13.6. The predicted octanol–water partition coefficient (Wildman–Crippen LogP) is 4.27. The highest BCUT2D eigenvalue weighted by molar-refractivity contribution is 7.21. The number of anilines is 1. The largest absolute Gasteiger partial charge is 0.433 e. The second kappa shape index (κ2) is 8.99. The van der Waals surface area contributed by atoms with E-state index in [0.29, 0.717) is 11.3 Å². The van der Waals surface area contributed by atoms with Crippen molar-refractivity contribution in [3.63, 3.8) is 0 Å². The monoisotopic (exact) mass is 522 g/mol. The number of fused-ring (bicyclic) bond motifs is 1. The number of halogens is 4. The molecule has 0 saturated heterocycles. The van der Waals surface area contributed by atoms with Crippen molar-refractivity contribution in [2.24, 2.45) is 5.73 Å². The molecular weight excluding hydrogens is 508 g/mol. The average molecular weight is 522 g/mol. The smallest absolute Gasteiger partial charge is 0.365 e. The normalized spacial score (nSPS) is 11.6. The molecule has 4 aromatic rings. The van der Waals surface area contributed by atoms with Gasteiger partial charge in [-0.2, -0.15) is 18.3 Å². The van der Waals surface area contributed by atoms with Gasteiger partial charge >= 0.3 is 11.9 Å². The van der Waals surface area contributed by atoms with Crippen LogP contribution in [0.1, 0.15) is 21.1 Å². The Morgan fingerprint density at radius 1 is 1.25 bits per heavy atom. The van der Waals surface area contributed by atoms with E-state index in [1.165, 1.54) is 19.1 Å². The molecular formula is C21H14F4N6O4S. The lowest BCUT2D eigenvalue weighted by Gasteiger charge is -2.12. The number of carbonyl (C=O) groups is 2. The van der Waals surface area contributed by atoms with Crippen LogP contribution in [0.3, 0.4) is 0 Å². The van der Waals surface area contributed by atoms with Crippen molar-refractivity contribution in [2.45, 2.75) is 19.6 Å². The van der Waals surface area contributed by atoms with Crippen LogP contribution in [-0.4, -0.2) is 31.5 Å². The van der Waals surface area contributed by atoms with E-state index in [-0.39, 0.29) is 43.3 Å². The summed E-state index contributed by atoms with van der Waals surface area (Å²) in [7, 11) is 0. The van der Waals surface area contributed by atoms with Crippen LogP contribution in [0.2, 0.25) is 0 Å². The zero-order chi connectivity index (χ0) is 26.4. The van der Waals surface area contributed by atoms with Crippen molar-refractivity contribution in [3.05, 3.63) is 68.7 Å². The molecule has 15 heteroatoms. The molecule has 0 aliphatic rings. The fraction of sp³-hybridized carbons (Fsp3) is 0.143. The summed E-state index contributed by atoms with van der Waals surface area (Å²) in [4.78, 5) is 38.4. The van der Waals surface area contributed by atoms with Crippen LogP contribution in [0.4, 0.5) is 28.9 Å². The number of carbonyl (C=O) groups excluding carboxylic acids is 2.